The first-order chi connectivity index (χ1) is 14.7. The molecule has 0 unspecified atom stereocenters. The second-order valence-corrected chi connectivity index (χ2v) is 7.56. The molecule has 8 nitrogen and oxygen atoms in total. The minimum absolute atomic E-state index is 0.120. The number of anilines is 2. The third-order valence-electron chi connectivity index (χ3n) is 5.74. The lowest BCUT2D eigenvalue weighted by molar-refractivity contribution is 0.0741. The Morgan fingerprint density at radius 3 is 1.97 bits per heavy atom. The average Bonchev–Trinajstić information content (AvgIpc) is 2.80. The fourth-order valence-electron chi connectivity index (χ4n) is 3.94. The molecule has 30 heavy (non-hydrogen) atoms. The molecule has 0 radical (unpaired) electrons. The van der Waals surface area contributed by atoms with Gasteiger partial charge in [-0.05, 0) is 24.3 Å². The predicted molar refractivity (Wildman–Crippen MR) is 112 cm³/mol. The summed E-state index contributed by atoms with van der Waals surface area (Å²) in [5.41, 5.74) is 0.120. The number of halogens is 1. The SMILES string of the molecule is O=C(c1ccccc1F)N1CCN(c2ccc(N3CCN(CCO)CC3)nn2)CC1. The van der Waals surface area contributed by atoms with Crippen LogP contribution in [-0.2, 0) is 0 Å². The number of aliphatic hydroxyl groups is 1. The van der Waals surface area contributed by atoms with Crippen LogP contribution in [0.3, 0.4) is 0 Å². The van der Waals surface area contributed by atoms with E-state index in [4.69, 9.17) is 5.11 Å². The van der Waals surface area contributed by atoms with Crippen molar-refractivity contribution in [1.29, 1.82) is 0 Å². The molecule has 2 aromatic rings. The lowest BCUT2D eigenvalue weighted by Gasteiger charge is -2.36. The highest BCUT2D eigenvalue weighted by Gasteiger charge is 2.25. The van der Waals surface area contributed by atoms with E-state index in [9.17, 15) is 9.18 Å². The smallest absolute Gasteiger partial charge is 0.256 e. The molecule has 3 heterocycles. The number of nitrogens with zero attached hydrogens (tertiary/aromatic N) is 6. The van der Waals surface area contributed by atoms with Crippen molar-refractivity contribution in [2.75, 3.05) is 75.3 Å². The monoisotopic (exact) mass is 414 g/mol. The zero-order chi connectivity index (χ0) is 20.9. The number of hydrogen-bond acceptors (Lipinski definition) is 7. The van der Waals surface area contributed by atoms with Crippen LogP contribution in [0.15, 0.2) is 36.4 Å². The van der Waals surface area contributed by atoms with Crippen LogP contribution >= 0.6 is 0 Å². The van der Waals surface area contributed by atoms with Gasteiger partial charge in [0.1, 0.15) is 5.82 Å². The summed E-state index contributed by atoms with van der Waals surface area (Å²) < 4.78 is 13.9. The Labute approximate surface area is 175 Å². The lowest BCUT2D eigenvalue weighted by Crippen LogP contribution is -2.49. The fourth-order valence-corrected chi connectivity index (χ4v) is 3.94. The van der Waals surface area contributed by atoms with Gasteiger partial charge in [-0.15, -0.1) is 10.2 Å². The minimum Gasteiger partial charge on any atom is -0.395 e. The van der Waals surface area contributed by atoms with Crippen LogP contribution in [0.2, 0.25) is 0 Å². The predicted octanol–water partition coefficient (Wildman–Crippen LogP) is 0.692. The molecule has 160 valence electrons. The standard InChI is InChI=1S/C21H27FN6O2/c22-18-4-2-1-3-17(18)21(30)28-13-11-27(12-14-28)20-6-5-19(23-24-20)26-9-7-25(8-10-26)15-16-29/h1-6,29H,7-16H2. The number of amides is 1. The van der Waals surface area contributed by atoms with E-state index in [0.29, 0.717) is 32.7 Å². The summed E-state index contributed by atoms with van der Waals surface area (Å²) >= 11 is 0. The summed E-state index contributed by atoms with van der Waals surface area (Å²) in [4.78, 5) is 20.8. The van der Waals surface area contributed by atoms with E-state index in [0.717, 1.165) is 37.8 Å². The highest BCUT2D eigenvalue weighted by Crippen LogP contribution is 2.19. The molecule has 0 saturated carbocycles. The second-order valence-electron chi connectivity index (χ2n) is 7.56. The molecule has 4 rings (SSSR count). The minimum atomic E-state index is -0.483. The Morgan fingerprint density at radius 1 is 0.867 bits per heavy atom. The van der Waals surface area contributed by atoms with Gasteiger partial charge in [-0.2, -0.15) is 0 Å². The maximum absolute atomic E-state index is 13.9. The average molecular weight is 414 g/mol. The highest BCUT2D eigenvalue weighted by atomic mass is 19.1. The molecule has 0 atom stereocenters. The quantitative estimate of drug-likeness (QED) is 0.772. The third kappa shape index (κ3) is 4.52. The number of piperazine rings is 2. The Morgan fingerprint density at radius 2 is 1.43 bits per heavy atom. The van der Waals surface area contributed by atoms with Gasteiger partial charge in [0, 0.05) is 58.9 Å². The van der Waals surface area contributed by atoms with Crippen LogP contribution in [0.1, 0.15) is 10.4 Å². The number of rotatable bonds is 5. The van der Waals surface area contributed by atoms with Crippen molar-refractivity contribution < 1.29 is 14.3 Å². The van der Waals surface area contributed by atoms with Crippen molar-refractivity contribution in [3.63, 3.8) is 0 Å². The maximum atomic E-state index is 13.9. The Hall–Kier alpha value is -2.78. The molecule has 2 fully saturated rings. The molecule has 1 aromatic carbocycles. The van der Waals surface area contributed by atoms with Gasteiger partial charge in [-0.3, -0.25) is 9.69 Å². The molecule has 0 bridgehead atoms. The molecule has 0 spiro atoms. The molecule has 0 aliphatic carbocycles. The zero-order valence-electron chi connectivity index (χ0n) is 17.0. The molecular weight excluding hydrogens is 387 g/mol. The van der Waals surface area contributed by atoms with Crippen molar-refractivity contribution in [3.05, 3.63) is 47.8 Å². The van der Waals surface area contributed by atoms with E-state index in [1.54, 1.807) is 17.0 Å². The molecule has 2 aliphatic heterocycles. The first-order valence-corrected chi connectivity index (χ1v) is 10.4. The van der Waals surface area contributed by atoms with Crippen LogP contribution in [0.5, 0.6) is 0 Å². The van der Waals surface area contributed by atoms with Gasteiger partial charge in [0.05, 0.1) is 12.2 Å². The number of carbonyl (C=O) groups excluding carboxylic acids is 1. The van der Waals surface area contributed by atoms with E-state index in [1.807, 2.05) is 12.1 Å². The van der Waals surface area contributed by atoms with E-state index in [1.165, 1.54) is 12.1 Å². The first kappa shape index (κ1) is 20.5. The summed E-state index contributed by atoms with van der Waals surface area (Å²) in [6, 6.07) is 10.1. The van der Waals surface area contributed by atoms with Gasteiger partial charge >= 0.3 is 0 Å². The van der Waals surface area contributed by atoms with Gasteiger partial charge in [-0.1, -0.05) is 12.1 Å². The van der Waals surface area contributed by atoms with E-state index in [-0.39, 0.29) is 18.1 Å². The zero-order valence-corrected chi connectivity index (χ0v) is 17.0. The van der Waals surface area contributed by atoms with Gasteiger partial charge in [0.2, 0.25) is 0 Å². The lowest BCUT2D eigenvalue weighted by atomic mass is 10.1. The Kier molecular flexibility index (Phi) is 6.39. The van der Waals surface area contributed by atoms with Crippen molar-refractivity contribution in [1.82, 2.24) is 20.0 Å². The fraction of sp³-hybridized carbons (Fsp3) is 0.476. The Bertz CT molecular complexity index is 849. The summed E-state index contributed by atoms with van der Waals surface area (Å²) in [6.07, 6.45) is 0. The van der Waals surface area contributed by atoms with Crippen molar-refractivity contribution >= 4 is 17.5 Å². The van der Waals surface area contributed by atoms with Gasteiger partial charge in [0.15, 0.2) is 11.6 Å². The highest BCUT2D eigenvalue weighted by molar-refractivity contribution is 5.94. The number of aliphatic hydroxyl groups excluding tert-OH is 1. The molecule has 2 saturated heterocycles. The summed E-state index contributed by atoms with van der Waals surface area (Å²) in [7, 11) is 0. The third-order valence-corrected chi connectivity index (χ3v) is 5.74. The number of hydrogen-bond donors (Lipinski definition) is 1. The Balaban J connectivity index is 1.31. The molecule has 9 heteroatoms. The number of benzene rings is 1. The largest absolute Gasteiger partial charge is 0.395 e. The maximum Gasteiger partial charge on any atom is 0.256 e. The number of carbonyl (C=O) groups is 1. The van der Waals surface area contributed by atoms with Gasteiger partial charge in [0.25, 0.3) is 5.91 Å². The van der Waals surface area contributed by atoms with Crippen LogP contribution in [-0.4, -0.2) is 96.5 Å². The molecule has 1 aromatic heterocycles. The topological polar surface area (TPSA) is 76.0 Å². The normalized spacial score (nSPS) is 18.0. The van der Waals surface area contributed by atoms with Crippen LogP contribution in [0.4, 0.5) is 16.0 Å². The molecule has 1 N–H and O–H groups in total. The van der Waals surface area contributed by atoms with Crippen LogP contribution in [0, 0.1) is 5.82 Å². The molecule has 2 aliphatic rings. The van der Waals surface area contributed by atoms with Crippen molar-refractivity contribution in [3.8, 4) is 0 Å². The van der Waals surface area contributed by atoms with E-state index >= 15 is 0 Å². The number of aromatic nitrogens is 2. The van der Waals surface area contributed by atoms with E-state index < -0.39 is 5.82 Å². The van der Waals surface area contributed by atoms with Crippen LogP contribution in [0.25, 0.3) is 0 Å². The molecular formula is C21H27FN6O2. The summed E-state index contributed by atoms with van der Waals surface area (Å²) in [5.74, 6) is 0.893. The van der Waals surface area contributed by atoms with Crippen molar-refractivity contribution in [2.45, 2.75) is 0 Å². The summed E-state index contributed by atoms with van der Waals surface area (Å²) in [5, 5.41) is 17.8. The van der Waals surface area contributed by atoms with Gasteiger partial charge in [-0.25, -0.2) is 4.39 Å². The van der Waals surface area contributed by atoms with Crippen LogP contribution < -0.4 is 9.80 Å². The van der Waals surface area contributed by atoms with E-state index in [2.05, 4.69) is 24.9 Å². The molecule has 1 amide bonds. The van der Waals surface area contributed by atoms with Gasteiger partial charge < -0.3 is 19.8 Å². The number of β-amino-alcohol motifs (C(OH)–C–C–N with tert-alkyl or cyclic N) is 1. The van der Waals surface area contributed by atoms with Crippen molar-refractivity contribution in [2.24, 2.45) is 0 Å². The second kappa shape index (κ2) is 9.36. The first-order valence-electron chi connectivity index (χ1n) is 10.4. The summed E-state index contributed by atoms with van der Waals surface area (Å²) in [6.45, 7) is 6.74.